The number of hydrogen-bond acceptors (Lipinski definition) is 7. The summed E-state index contributed by atoms with van der Waals surface area (Å²) >= 11 is 0. The second-order valence-electron chi connectivity index (χ2n) is 9.44. The summed E-state index contributed by atoms with van der Waals surface area (Å²) in [5, 5.41) is 5.16. The largest absolute Gasteiger partial charge is 0.494 e. The molecule has 0 atom stereocenters. The van der Waals surface area contributed by atoms with Crippen molar-refractivity contribution >= 4 is 27.8 Å². The van der Waals surface area contributed by atoms with E-state index in [1.54, 1.807) is 21.4 Å². The molecule has 194 valence electrons. The molecular formula is C27H25F2N7O2. The van der Waals surface area contributed by atoms with Gasteiger partial charge in [0, 0.05) is 11.6 Å². The summed E-state index contributed by atoms with van der Waals surface area (Å²) in [6, 6.07) is 8.84. The number of fused-ring (bicyclic) bond motifs is 2. The van der Waals surface area contributed by atoms with Crippen molar-refractivity contribution < 1.29 is 13.5 Å². The van der Waals surface area contributed by atoms with Gasteiger partial charge in [0.2, 0.25) is 0 Å². The second-order valence-corrected chi connectivity index (χ2v) is 9.44. The van der Waals surface area contributed by atoms with Gasteiger partial charge in [-0.15, -0.1) is 0 Å². The molecule has 2 aromatic carbocycles. The summed E-state index contributed by atoms with van der Waals surface area (Å²) < 4.78 is 37.6. The topological polar surface area (TPSA) is 114 Å². The number of halogens is 2. The van der Waals surface area contributed by atoms with Crippen molar-refractivity contribution in [3.8, 4) is 17.0 Å². The van der Waals surface area contributed by atoms with Crippen LogP contribution < -0.4 is 16.0 Å². The molecule has 0 saturated heterocycles. The molecule has 0 spiro atoms. The van der Waals surface area contributed by atoms with Crippen molar-refractivity contribution in [2.24, 2.45) is 0 Å². The van der Waals surface area contributed by atoms with Crippen LogP contribution in [0.3, 0.4) is 0 Å². The first-order valence-corrected chi connectivity index (χ1v) is 12.5. The van der Waals surface area contributed by atoms with Gasteiger partial charge in [-0.3, -0.25) is 9.36 Å². The highest BCUT2D eigenvalue weighted by Gasteiger charge is 2.25. The van der Waals surface area contributed by atoms with Crippen LogP contribution in [0.25, 0.3) is 33.2 Å². The fraction of sp³-hybridized carbons (Fsp3) is 0.296. The lowest BCUT2D eigenvalue weighted by molar-refractivity contribution is 0.333. The predicted octanol–water partition coefficient (Wildman–Crippen LogP) is 4.63. The molecule has 1 saturated carbocycles. The smallest absolute Gasteiger partial charge is 0.264 e. The third kappa shape index (κ3) is 3.94. The van der Waals surface area contributed by atoms with Gasteiger partial charge in [0.1, 0.15) is 41.4 Å². The van der Waals surface area contributed by atoms with Crippen LogP contribution in [0.1, 0.15) is 44.0 Å². The van der Waals surface area contributed by atoms with E-state index >= 15 is 0 Å². The van der Waals surface area contributed by atoms with Crippen molar-refractivity contribution in [1.82, 2.24) is 29.3 Å². The molecular weight excluding hydrogens is 492 g/mol. The van der Waals surface area contributed by atoms with Crippen LogP contribution in [-0.2, 0) is 6.54 Å². The monoisotopic (exact) mass is 517 g/mol. The average Bonchev–Trinajstić information content (AvgIpc) is 3.28. The Morgan fingerprint density at radius 3 is 2.63 bits per heavy atom. The average molecular weight is 518 g/mol. The number of anilines is 1. The van der Waals surface area contributed by atoms with Gasteiger partial charge in [-0.25, -0.2) is 28.4 Å². The summed E-state index contributed by atoms with van der Waals surface area (Å²) in [6.07, 6.45) is 5.99. The number of hydrogen-bond donors (Lipinski definition) is 1. The van der Waals surface area contributed by atoms with Gasteiger partial charge in [-0.05, 0) is 43.2 Å². The molecule has 0 bridgehead atoms. The van der Waals surface area contributed by atoms with Crippen molar-refractivity contribution in [2.45, 2.75) is 44.7 Å². The van der Waals surface area contributed by atoms with E-state index in [-0.39, 0.29) is 35.1 Å². The molecule has 1 aliphatic rings. The lowest BCUT2D eigenvalue weighted by Gasteiger charge is -2.26. The number of rotatable bonds is 5. The number of methoxy groups -OCH3 is 1. The quantitative estimate of drug-likeness (QED) is 0.362. The molecule has 2 N–H and O–H groups in total. The number of nitrogen functional groups attached to an aromatic ring is 1. The zero-order valence-corrected chi connectivity index (χ0v) is 20.7. The highest BCUT2D eigenvalue weighted by molar-refractivity contribution is 5.98. The Balaban J connectivity index is 1.55. The lowest BCUT2D eigenvalue weighted by atomic mass is 9.95. The Morgan fingerprint density at radius 1 is 1.05 bits per heavy atom. The van der Waals surface area contributed by atoms with Crippen LogP contribution in [0, 0.1) is 11.6 Å². The third-order valence-corrected chi connectivity index (χ3v) is 7.17. The maximum Gasteiger partial charge on any atom is 0.264 e. The minimum atomic E-state index is -0.593. The molecule has 0 amide bonds. The van der Waals surface area contributed by atoms with Crippen LogP contribution >= 0.6 is 0 Å². The Kier molecular flexibility index (Phi) is 5.97. The van der Waals surface area contributed by atoms with Crippen LogP contribution in [0.2, 0.25) is 0 Å². The summed E-state index contributed by atoms with van der Waals surface area (Å²) in [6.45, 7) is 0.0732. The molecule has 3 aromatic heterocycles. The summed E-state index contributed by atoms with van der Waals surface area (Å²) in [5.74, 6) is -0.414. The minimum absolute atomic E-state index is 0.0203. The molecule has 0 aliphatic heterocycles. The fourth-order valence-electron chi connectivity index (χ4n) is 5.37. The van der Waals surface area contributed by atoms with Crippen LogP contribution in [0.5, 0.6) is 5.75 Å². The molecule has 6 rings (SSSR count). The number of aromatic nitrogens is 6. The van der Waals surface area contributed by atoms with Crippen LogP contribution in [-0.4, -0.2) is 36.4 Å². The SMILES string of the molecule is COc1ccc(-c2nn(Cc3nc4cccc(F)c4c(=O)n3C3CCCCC3)c3ncnc(N)c23)cc1F. The standard InChI is InChI=1S/C27H25F2N7O2/c1-38-20-11-10-15(12-18(20)29)24-23-25(30)31-14-32-26(23)35(34-24)13-21-33-19-9-5-8-17(28)22(19)27(37)36(21)16-6-3-2-4-7-16/h5,8-12,14,16H,2-4,6-7,13H2,1H3,(H2,30,31,32). The number of nitrogens with zero attached hydrogens (tertiary/aromatic N) is 6. The predicted molar refractivity (Wildman–Crippen MR) is 139 cm³/mol. The van der Waals surface area contributed by atoms with Gasteiger partial charge >= 0.3 is 0 Å². The highest BCUT2D eigenvalue weighted by atomic mass is 19.1. The van der Waals surface area contributed by atoms with E-state index in [4.69, 9.17) is 20.6 Å². The van der Waals surface area contributed by atoms with E-state index in [1.807, 2.05) is 0 Å². The van der Waals surface area contributed by atoms with E-state index in [9.17, 15) is 13.6 Å². The Hall–Kier alpha value is -4.41. The second kappa shape index (κ2) is 9.47. The van der Waals surface area contributed by atoms with Gasteiger partial charge in [0.05, 0.1) is 18.0 Å². The van der Waals surface area contributed by atoms with E-state index in [2.05, 4.69) is 9.97 Å². The lowest BCUT2D eigenvalue weighted by Crippen LogP contribution is -2.32. The van der Waals surface area contributed by atoms with E-state index < -0.39 is 17.2 Å². The highest BCUT2D eigenvalue weighted by Crippen LogP contribution is 2.33. The van der Waals surface area contributed by atoms with Gasteiger partial charge in [0.15, 0.2) is 17.2 Å². The molecule has 1 fully saturated rings. The van der Waals surface area contributed by atoms with Crippen molar-refractivity contribution in [1.29, 1.82) is 0 Å². The van der Waals surface area contributed by atoms with Crippen molar-refractivity contribution in [3.63, 3.8) is 0 Å². The van der Waals surface area contributed by atoms with Gasteiger partial charge in [0.25, 0.3) is 5.56 Å². The molecule has 0 unspecified atom stereocenters. The molecule has 9 nitrogen and oxygen atoms in total. The third-order valence-electron chi connectivity index (χ3n) is 7.17. The first-order chi connectivity index (χ1) is 18.5. The van der Waals surface area contributed by atoms with E-state index in [0.29, 0.717) is 28.1 Å². The normalized spacial score (nSPS) is 14.4. The zero-order chi connectivity index (χ0) is 26.4. The summed E-state index contributed by atoms with van der Waals surface area (Å²) in [5.41, 5.74) is 7.36. The van der Waals surface area contributed by atoms with Crippen molar-refractivity contribution in [3.05, 3.63) is 70.5 Å². The van der Waals surface area contributed by atoms with Crippen molar-refractivity contribution in [2.75, 3.05) is 12.8 Å². The maximum absolute atomic E-state index is 14.7. The summed E-state index contributed by atoms with van der Waals surface area (Å²) in [7, 11) is 1.39. The maximum atomic E-state index is 14.7. The molecule has 38 heavy (non-hydrogen) atoms. The Bertz CT molecular complexity index is 1740. The van der Waals surface area contributed by atoms with Crippen LogP contribution in [0.4, 0.5) is 14.6 Å². The first-order valence-electron chi connectivity index (χ1n) is 12.5. The van der Waals surface area contributed by atoms with Gasteiger partial charge < -0.3 is 10.5 Å². The van der Waals surface area contributed by atoms with Gasteiger partial charge in [-0.1, -0.05) is 25.3 Å². The number of nitrogens with two attached hydrogens (primary N) is 1. The minimum Gasteiger partial charge on any atom is -0.494 e. The fourth-order valence-corrected chi connectivity index (χ4v) is 5.37. The molecule has 3 heterocycles. The Morgan fingerprint density at radius 2 is 1.87 bits per heavy atom. The molecule has 0 radical (unpaired) electrons. The first kappa shape index (κ1) is 24.0. The molecule has 5 aromatic rings. The number of ether oxygens (including phenoxy) is 1. The van der Waals surface area contributed by atoms with E-state index in [1.165, 1.54) is 37.7 Å². The molecule has 1 aliphatic carbocycles. The number of benzene rings is 2. The Labute approximate surface area is 215 Å². The molecule has 11 heteroatoms. The zero-order valence-electron chi connectivity index (χ0n) is 20.7. The summed E-state index contributed by atoms with van der Waals surface area (Å²) in [4.78, 5) is 26.9. The van der Waals surface area contributed by atoms with Gasteiger partial charge in [-0.2, -0.15) is 5.10 Å². The van der Waals surface area contributed by atoms with E-state index in [0.717, 1.165) is 32.1 Å². The van der Waals surface area contributed by atoms with Crippen LogP contribution in [0.15, 0.2) is 47.5 Å².